The highest BCUT2D eigenvalue weighted by atomic mass is 19.3. The quantitative estimate of drug-likeness (QED) is 0.801. The SMILES string of the molecule is O=C(O)c1cc(OC(F)F)cc(F)c1F. The molecule has 0 atom stereocenters. The van der Waals surface area contributed by atoms with Crippen LogP contribution in [0.1, 0.15) is 10.4 Å². The number of benzene rings is 1. The van der Waals surface area contributed by atoms with Crippen LogP contribution in [0.5, 0.6) is 5.75 Å². The van der Waals surface area contributed by atoms with Gasteiger partial charge in [0.15, 0.2) is 11.6 Å². The van der Waals surface area contributed by atoms with Gasteiger partial charge in [0.2, 0.25) is 0 Å². The van der Waals surface area contributed by atoms with Gasteiger partial charge in [0.05, 0.1) is 0 Å². The number of rotatable bonds is 3. The molecule has 0 unspecified atom stereocenters. The van der Waals surface area contributed by atoms with E-state index < -0.39 is 35.5 Å². The standard InChI is InChI=1S/C8H4F4O3/c9-5-2-3(15-8(11)12)1-4(6(5)10)7(13)14/h1-2,8H,(H,13,14). The Labute approximate surface area is 80.9 Å². The fourth-order valence-electron chi connectivity index (χ4n) is 0.891. The molecule has 0 aliphatic heterocycles. The molecule has 82 valence electrons. The maximum Gasteiger partial charge on any atom is 0.387 e. The van der Waals surface area contributed by atoms with Crippen molar-refractivity contribution >= 4 is 5.97 Å². The highest BCUT2D eigenvalue weighted by molar-refractivity contribution is 5.88. The normalized spacial score (nSPS) is 10.5. The first-order valence-corrected chi connectivity index (χ1v) is 3.59. The smallest absolute Gasteiger partial charge is 0.387 e. The number of carboxylic acids is 1. The molecule has 0 bridgehead atoms. The van der Waals surface area contributed by atoms with E-state index in [1.165, 1.54) is 0 Å². The number of aromatic carboxylic acids is 1. The summed E-state index contributed by atoms with van der Waals surface area (Å²) in [6.45, 7) is -3.24. The van der Waals surface area contributed by atoms with Crippen LogP contribution in [0.25, 0.3) is 0 Å². The number of carbonyl (C=O) groups is 1. The van der Waals surface area contributed by atoms with E-state index in [0.717, 1.165) is 0 Å². The van der Waals surface area contributed by atoms with Crippen molar-refractivity contribution in [3.63, 3.8) is 0 Å². The van der Waals surface area contributed by atoms with Crippen LogP contribution in [0.4, 0.5) is 17.6 Å². The molecule has 1 rings (SSSR count). The summed E-state index contributed by atoms with van der Waals surface area (Å²) in [5, 5.41) is 8.40. The molecule has 7 heteroatoms. The summed E-state index contributed by atoms with van der Waals surface area (Å²) in [6.07, 6.45) is 0. The lowest BCUT2D eigenvalue weighted by atomic mass is 10.2. The Morgan fingerprint density at radius 2 is 1.93 bits per heavy atom. The number of hydrogen-bond donors (Lipinski definition) is 1. The first-order chi connectivity index (χ1) is 6.91. The molecule has 3 nitrogen and oxygen atoms in total. The fraction of sp³-hybridized carbons (Fsp3) is 0.125. The van der Waals surface area contributed by atoms with Gasteiger partial charge in [0, 0.05) is 6.07 Å². The summed E-state index contributed by atoms with van der Waals surface area (Å²) in [5.74, 6) is -5.71. The molecule has 1 aromatic rings. The molecule has 1 aromatic carbocycles. The zero-order chi connectivity index (χ0) is 11.6. The monoisotopic (exact) mass is 224 g/mol. The molecule has 15 heavy (non-hydrogen) atoms. The van der Waals surface area contributed by atoms with Crippen molar-refractivity contribution in [2.24, 2.45) is 0 Å². The van der Waals surface area contributed by atoms with Crippen LogP contribution in [0.3, 0.4) is 0 Å². The van der Waals surface area contributed by atoms with Crippen molar-refractivity contribution < 1.29 is 32.2 Å². The van der Waals surface area contributed by atoms with E-state index in [-0.39, 0.29) is 0 Å². The summed E-state index contributed by atoms with van der Waals surface area (Å²) in [4.78, 5) is 10.4. The Hall–Kier alpha value is -1.79. The Balaban J connectivity index is 3.17. The minimum atomic E-state index is -3.24. The molecule has 0 spiro atoms. The molecule has 0 aliphatic carbocycles. The predicted molar refractivity (Wildman–Crippen MR) is 39.9 cm³/mol. The van der Waals surface area contributed by atoms with Gasteiger partial charge in [-0.3, -0.25) is 0 Å². The molecule has 0 saturated heterocycles. The van der Waals surface area contributed by atoms with Gasteiger partial charge in [0.1, 0.15) is 11.3 Å². The first kappa shape index (κ1) is 11.3. The molecular weight excluding hydrogens is 220 g/mol. The van der Waals surface area contributed by atoms with Crippen molar-refractivity contribution in [3.05, 3.63) is 29.3 Å². The van der Waals surface area contributed by atoms with E-state index in [9.17, 15) is 22.4 Å². The van der Waals surface area contributed by atoms with Crippen LogP contribution in [0.15, 0.2) is 12.1 Å². The van der Waals surface area contributed by atoms with Gasteiger partial charge in [-0.15, -0.1) is 0 Å². The van der Waals surface area contributed by atoms with Crippen LogP contribution in [-0.2, 0) is 0 Å². The molecule has 0 aromatic heterocycles. The number of halogens is 4. The number of alkyl halides is 2. The fourth-order valence-corrected chi connectivity index (χ4v) is 0.891. The van der Waals surface area contributed by atoms with E-state index in [1.807, 2.05) is 0 Å². The summed E-state index contributed by atoms with van der Waals surface area (Å²) in [6, 6.07) is 0.820. The molecule has 0 amide bonds. The van der Waals surface area contributed by atoms with Gasteiger partial charge in [0.25, 0.3) is 0 Å². The second-order valence-electron chi connectivity index (χ2n) is 2.45. The van der Waals surface area contributed by atoms with Crippen LogP contribution >= 0.6 is 0 Å². The van der Waals surface area contributed by atoms with Crippen molar-refractivity contribution in [1.29, 1.82) is 0 Å². The second kappa shape index (κ2) is 4.16. The first-order valence-electron chi connectivity index (χ1n) is 3.59. The summed E-state index contributed by atoms with van der Waals surface area (Å²) in [5.41, 5.74) is -1.06. The minimum absolute atomic E-state index is 0.341. The van der Waals surface area contributed by atoms with Crippen LogP contribution < -0.4 is 4.74 Å². The maximum absolute atomic E-state index is 12.8. The van der Waals surface area contributed by atoms with Crippen LogP contribution in [0.2, 0.25) is 0 Å². The Morgan fingerprint density at radius 3 is 2.40 bits per heavy atom. The Kier molecular flexibility index (Phi) is 3.13. The highest BCUT2D eigenvalue weighted by Crippen LogP contribution is 2.22. The average Bonchev–Trinajstić information content (AvgIpc) is 2.09. The number of carboxylic acid groups (broad SMARTS) is 1. The third-order valence-electron chi connectivity index (χ3n) is 1.46. The van der Waals surface area contributed by atoms with Crippen LogP contribution in [-0.4, -0.2) is 17.7 Å². The topological polar surface area (TPSA) is 46.5 Å². The van der Waals surface area contributed by atoms with Gasteiger partial charge < -0.3 is 9.84 Å². The lowest BCUT2D eigenvalue weighted by molar-refractivity contribution is -0.0501. The van der Waals surface area contributed by atoms with Gasteiger partial charge in [-0.05, 0) is 6.07 Å². The largest absolute Gasteiger partial charge is 0.478 e. The lowest BCUT2D eigenvalue weighted by Gasteiger charge is -2.06. The third kappa shape index (κ3) is 2.58. The van der Waals surface area contributed by atoms with Crippen molar-refractivity contribution in [2.45, 2.75) is 6.61 Å². The average molecular weight is 224 g/mol. The molecule has 0 radical (unpaired) electrons. The molecular formula is C8H4F4O3. The van der Waals surface area contributed by atoms with E-state index in [4.69, 9.17) is 5.11 Å². The van der Waals surface area contributed by atoms with Crippen molar-refractivity contribution in [1.82, 2.24) is 0 Å². The minimum Gasteiger partial charge on any atom is -0.478 e. The third-order valence-corrected chi connectivity index (χ3v) is 1.46. The summed E-state index contributed by atoms with van der Waals surface area (Å²) >= 11 is 0. The van der Waals surface area contributed by atoms with Crippen molar-refractivity contribution in [2.75, 3.05) is 0 Å². The Bertz CT molecular complexity index is 392. The van der Waals surface area contributed by atoms with Gasteiger partial charge in [-0.25, -0.2) is 13.6 Å². The molecule has 0 saturated carbocycles. The van der Waals surface area contributed by atoms with E-state index >= 15 is 0 Å². The predicted octanol–water partition coefficient (Wildman–Crippen LogP) is 2.26. The van der Waals surface area contributed by atoms with Gasteiger partial charge >= 0.3 is 12.6 Å². The van der Waals surface area contributed by atoms with Gasteiger partial charge in [-0.1, -0.05) is 0 Å². The van der Waals surface area contributed by atoms with E-state index in [2.05, 4.69) is 4.74 Å². The van der Waals surface area contributed by atoms with Crippen LogP contribution in [0, 0.1) is 11.6 Å². The number of ether oxygens (including phenoxy) is 1. The zero-order valence-corrected chi connectivity index (χ0v) is 7.01. The number of hydrogen-bond acceptors (Lipinski definition) is 2. The molecule has 0 fully saturated rings. The second-order valence-corrected chi connectivity index (χ2v) is 2.45. The molecule has 1 N–H and O–H groups in total. The molecule has 0 aliphatic rings. The van der Waals surface area contributed by atoms with Crippen molar-refractivity contribution in [3.8, 4) is 5.75 Å². The lowest BCUT2D eigenvalue weighted by Crippen LogP contribution is -2.07. The van der Waals surface area contributed by atoms with E-state index in [0.29, 0.717) is 12.1 Å². The summed E-state index contributed by atoms with van der Waals surface area (Å²) in [7, 11) is 0. The molecule has 0 heterocycles. The Morgan fingerprint density at radius 1 is 1.33 bits per heavy atom. The zero-order valence-electron chi connectivity index (χ0n) is 7.01. The van der Waals surface area contributed by atoms with E-state index in [1.54, 1.807) is 0 Å². The van der Waals surface area contributed by atoms with Gasteiger partial charge in [-0.2, -0.15) is 8.78 Å². The highest BCUT2D eigenvalue weighted by Gasteiger charge is 2.18. The summed E-state index contributed by atoms with van der Waals surface area (Å²) < 4.78 is 52.6. The maximum atomic E-state index is 12.8.